The molecule has 1 amide bonds. The lowest BCUT2D eigenvalue weighted by atomic mass is 9.98. The summed E-state index contributed by atoms with van der Waals surface area (Å²) in [5.74, 6) is -0.427. The van der Waals surface area contributed by atoms with Gasteiger partial charge in [-0.1, -0.05) is 18.7 Å². The number of halogens is 1. The van der Waals surface area contributed by atoms with Crippen molar-refractivity contribution in [1.29, 1.82) is 0 Å². The van der Waals surface area contributed by atoms with Gasteiger partial charge in [-0.3, -0.25) is 9.78 Å². The van der Waals surface area contributed by atoms with Crippen LogP contribution in [0.3, 0.4) is 0 Å². The van der Waals surface area contributed by atoms with E-state index in [0.717, 1.165) is 33.6 Å². The maximum atomic E-state index is 15.4. The number of nitrogens with one attached hydrogen (secondary N) is 1. The van der Waals surface area contributed by atoms with Gasteiger partial charge in [0, 0.05) is 35.3 Å². The summed E-state index contributed by atoms with van der Waals surface area (Å²) in [6.45, 7) is 11.0. The number of anilines is 1. The summed E-state index contributed by atoms with van der Waals surface area (Å²) in [4.78, 5) is 30.0. The van der Waals surface area contributed by atoms with Gasteiger partial charge in [0.05, 0.1) is 29.0 Å². The van der Waals surface area contributed by atoms with E-state index in [1.165, 1.54) is 12.4 Å². The highest BCUT2D eigenvalue weighted by molar-refractivity contribution is 6.05. The Labute approximate surface area is 225 Å². The molecule has 5 rings (SSSR count). The second-order valence-corrected chi connectivity index (χ2v) is 9.43. The van der Waals surface area contributed by atoms with Gasteiger partial charge < -0.3 is 14.6 Å². The molecule has 0 aliphatic heterocycles. The molecule has 4 heterocycles. The number of hydrogen-bond acceptors (Lipinski definition) is 6. The second-order valence-electron chi connectivity index (χ2n) is 9.43. The molecule has 0 aliphatic rings. The number of carbonyl (C=O) groups excluding carboxylic acids is 1. The van der Waals surface area contributed by atoms with Crippen molar-refractivity contribution in [2.75, 3.05) is 5.32 Å². The van der Waals surface area contributed by atoms with E-state index >= 15 is 4.39 Å². The third kappa shape index (κ3) is 4.86. The third-order valence-electron chi connectivity index (χ3n) is 6.40. The Balaban J connectivity index is 1.65. The fourth-order valence-electron chi connectivity index (χ4n) is 4.51. The maximum absolute atomic E-state index is 15.4. The summed E-state index contributed by atoms with van der Waals surface area (Å²) in [6, 6.07) is 12.0. The van der Waals surface area contributed by atoms with Gasteiger partial charge in [-0.2, -0.15) is 0 Å². The van der Waals surface area contributed by atoms with Crippen molar-refractivity contribution in [3.05, 3.63) is 89.9 Å². The van der Waals surface area contributed by atoms with Crippen molar-refractivity contribution >= 4 is 22.6 Å². The van der Waals surface area contributed by atoms with E-state index in [2.05, 4.69) is 26.8 Å². The number of amides is 1. The summed E-state index contributed by atoms with van der Waals surface area (Å²) >= 11 is 0. The number of ether oxygens (including phenoxy) is 1. The van der Waals surface area contributed by atoms with Gasteiger partial charge in [-0.25, -0.2) is 19.3 Å². The molecule has 0 aliphatic carbocycles. The van der Waals surface area contributed by atoms with E-state index in [1.54, 1.807) is 37.4 Å². The smallest absolute Gasteiger partial charge is 0.250 e. The van der Waals surface area contributed by atoms with E-state index in [1.807, 2.05) is 44.5 Å². The number of hydrogen-bond donors (Lipinski definition) is 1. The van der Waals surface area contributed by atoms with Gasteiger partial charge in [0.15, 0.2) is 11.6 Å². The van der Waals surface area contributed by atoms with Crippen molar-refractivity contribution in [2.24, 2.45) is 7.05 Å². The van der Waals surface area contributed by atoms with Gasteiger partial charge in [0.25, 0.3) is 5.91 Å². The monoisotopic (exact) mass is 522 g/mol. The summed E-state index contributed by atoms with van der Waals surface area (Å²) in [6.07, 6.45) is 3.10. The molecule has 0 radical (unpaired) electrons. The Morgan fingerprint density at radius 1 is 1.08 bits per heavy atom. The molecule has 0 unspecified atom stereocenters. The molecular weight excluding hydrogens is 495 g/mol. The Morgan fingerprint density at radius 3 is 2.56 bits per heavy atom. The highest BCUT2D eigenvalue weighted by Crippen LogP contribution is 2.42. The zero-order valence-corrected chi connectivity index (χ0v) is 22.3. The van der Waals surface area contributed by atoms with Crippen LogP contribution in [0.15, 0.2) is 67.1 Å². The molecule has 4 aromatic heterocycles. The van der Waals surface area contributed by atoms with Crippen molar-refractivity contribution in [3.63, 3.8) is 0 Å². The summed E-state index contributed by atoms with van der Waals surface area (Å²) in [7, 11) is 1.89. The molecule has 5 aromatic rings. The molecule has 196 valence electrons. The lowest BCUT2D eigenvalue weighted by Crippen LogP contribution is -2.12. The van der Waals surface area contributed by atoms with E-state index in [-0.39, 0.29) is 11.7 Å². The van der Waals surface area contributed by atoms with Crippen LogP contribution in [0.1, 0.15) is 23.9 Å². The molecular formula is C30H27FN6O2. The van der Waals surface area contributed by atoms with Crippen molar-refractivity contribution in [2.45, 2.75) is 27.7 Å². The molecule has 1 N–H and O–H groups in total. The Bertz CT molecular complexity index is 1780. The van der Waals surface area contributed by atoms with Crippen LogP contribution in [0, 0.1) is 26.6 Å². The number of benzene rings is 1. The minimum Gasteiger partial charge on any atom is -0.436 e. The Morgan fingerprint density at radius 2 is 1.87 bits per heavy atom. The fraction of sp³-hybridized carbons (Fsp3) is 0.167. The number of nitrogens with zero attached hydrogens (tertiary/aromatic N) is 5. The highest BCUT2D eigenvalue weighted by atomic mass is 19.1. The first-order valence-corrected chi connectivity index (χ1v) is 12.3. The molecule has 9 heteroatoms. The Hall–Kier alpha value is -4.92. The van der Waals surface area contributed by atoms with Crippen LogP contribution in [0.4, 0.5) is 10.1 Å². The quantitative estimate of drug-likeness (QED) is 0.257. The molecule has 8 nitrogen and oxygen atoms in total. The first-order chi connectivity index (χ1) is 18.6. The molecule has 1 aromatic carbocycles. The maximum Gasteiger partial charge on any atom is 0.250 e. The van der Waals surface area contributed by atoms with Gasteiger partial charge in [-0.05, 0) is 63.1 Å². The molecule has 0 spiro atoms. The van der Waals surface area contributed by atoms with Crippen LogP contribution in [0.5, 0.6) is 11.6 Å². The highest BCUT2D eigenvalue weighted by Gasteiger charge is 2.24. The molecule has 0 fully saturated rings. The standard InChI is InChI=1S/C30H27FN6O2/c1-16(2)30(38)36-21-12-17(3)27(32-14-21)28-26(25-19(5)33-15-34-29(25)37(28)6)20-10-11-23(22(31)13-20)39-24-9-7-8-18(4)35-24/h7-15H,1H2,2-6H3,(H,36,38). The van der Waals surface area contributed by atoms with E-state index in [4.69, 9.17) is 9.72 Å². The second kappa shape index (κ2) is 10.1. The first-order valence-electron chi connectivity index (χ1n) is 12.3. The predicted molar refractivity (Wildman–Crippen MR) is 149 cm³/mol. The van der Waals surface area contributed by atoms with Crippen LogP contribution in [-0.4, -0.2) is 30.4 Å². The number of pyridine rings is 2. The van der Waals surface area contributed by atoms with Crippen LogP contribution >= 0.6 is 0 Å². The Kier molecular flexibility index (Phi) is 6.66. The fourth-order valence-corrected chi connectivity index (χ4v) is 4.51. The average molecular weight is 523 g/mol. The average Bonchev–Trinajstić information content (AvgIpc) is 3.18. The van der Waals surface area contributed by atoms with Crippen molar-refractivity contribution in [3.8, 4) is 34.1 Å². The van der Waals surface area contributed by atoms with Gasteiger partial charge in [0.2, 0.25) is 5.88 Å². The summed E-state index contributed by atoms with van der Waals surface area (Å²) < 4.78 is 23.1. The number of aromatic nitrogens is 5. The van der Waals surface area contributed by atoms with Crippen LogP contribution in [-0.2, 0) is 11.8 Å². The number of carbonyl (C=O) groups is 1. The normalized spacial score (nSPS) is 11.0. The number of fused-ring (bicyclic) bond motifs is 1. The van der Waals surface area contributed by atoms with Crippen molar-refractivity contribution in [1.82, 2.24) is 24.5 Å². The number of rotatable bonds is 6. The van der Waals surface area contributed by atoms with Crippen molar-refractivity contribution < 1.29 is 13.9 Å². The summed E-state index contributed by atoms with van der Waals surface area (Å²) in [5, 5.41) is 3.59. The van der Waals surface area contributed by atoms with Crippen LogP contribution in [0.25, 0.3) is 33.5 Å². The third-order valence-corrected chi connectivity index (χ3v) is 6.40. The van der Waals surface area contributed by atoms with Crippen LogP contribution < -0.4 is 10.1 Å². The minimum absolute atomic E-state index is 0.0681. The largest absolute Gasteiger partial charge is 0.436 e. The lowest BCUT2D eigenvalue weighted by Gasteiger charge is -2.13. The lowest BCUT2D eigenvalue weighted by molar-refractivity contribution is -0.112. The van der Waals surface area contributed by atoms with Gasteiger partial charge in [0.1, 0.15) is 12.0 Å². The van der Waals surface area contributed by atoms with E-state index < -0.39 is 5.82 Å². The minimum atomic E-state index is -0.532. The molecule has 0 saturated heterocycles. The molecule has 0 bridgehead atoms. The molecule has 39 heavy (non-hydrogen) atoms. The molecule has 0 atom stereocenters. The SMILES string of the molecule is C=C(C)C(=O)Nc1cnc(-c2c(-c3ccc(Oc4cccc(C)n4)c(F)c3)c3c(C)ncnc3n2C)c(C)c1. The summed E-state index contributed by atoms with van der Waals surface area (Å²) in [5.41, 5.74) is 6.78. The zero-order chi connectivity index (χ0) is 27.8. The van der Waals surface area contributed by atoms with E-state index in [0.29, 0.717) is 34.0 Å². The zero-order valence-electron chi connectivity index (χ0n) is 22.3. The molecule has 0 saturated carbocycles. The predicted octanol–water partition coefficient (Wildman–Crippen LogP) is 6.46. The van der Waals surface area contributed by atoms with Crippen LogP contribution in [0.2, 0.25) is 0 Å². The first kappa shape index (κ1) is 25.7. The van der Waals surface area contributed by atoms with Gasteiger partial charge >= 0.3 is 0 Å². The van der Waals surface area contributed by atoms with Gasteiger partial charge in [-0.15, -0.1) is 0 Å². The topological polar surface area (TPSA) is 94.8 Å². The number of aryl methyl sites for hydroxylation is 4. The van der Waals surface area contributed by atoms with E-state index in [9.17, 15) is 4.79 Å².